The number of benzene rings is 2. The summed E-state index contributed by atoms with van der Waals surface area (Å²) in [7, 11) is 0. The highest BCUT2D eigenvalue weighted by Gasteiger charge is 2.31. The predicted molar refractivity (Wildman–Crippen MR) is 82.7 cm³/mol. The first-order valence-electron chi connectivity index (χ1n) is 7.33. The third-order valence-corrected chi connectivity index (χ3v) is 3.49. The Morgan fingerprint density at radius 3 is 2.43 bits per heavy atom. The molecule has 1 heterocycles. The SMILES string of the molecule is C[C@H](OC(=O)[C@H]1COc2ccccc2O1)C(=O)c1ccccc1. The fraction of sp³-hybridized carbons (Fsp3) is 0.222. The number of carbonyl (C=O) groups excluding carboxylic acids is 2. The van der Waals surface area contributed by atoms with E-state index in [1.54, 1.807) is 49.4 Å². The summed E-state index contributed by atoms with van der Waals surface area (Å²) in [5, 5.41) is 0. The number of rotatable bonds is 4. The van der Waals surface area contributed by atoms with Crippen molar-refractivity contribution in [2.75, 3.05) is 6.61 Å². The number of esters is 1. The average molecular weight is 312 g/mol. The lowest BCUT2D eigenvalue weighted by atomic mass is 10.1. The summed E-state index contributed by atoms with van der Waals surface area (Å²) in [5.41, 5.74) is 0.499. The van der Waals surface area contributed by atoms with Crippen LogP contribution in [0.3, 0.4) is 0 Å². The van der Waals surface area contributed by atoms with Crippen LogP contribution in [0.25, 0.3) is 0 Å². The Morgan fingerprint density at radius 2 is 1.70 bits per heavy atom. The highest BCUT2D eigenvalue weighted by atomic mass is 16.6. The highest BCUT2D eigenvalue weighted by molar-refractivity contribution is 6.00. The van der Waals surface area contributed by atoms with E-state index in [1.165, 1.54) is 0 Å². The van der Waals surface area contributed by atoms with Crippen molar-refractivity contribution >= 4 is 11.8 Å². The van der Waals surface area contributed by atoms with Gasteiger partial charge in [-0.1, -0.05) is 42.5 Å². The standard InChI is InChI=1S/C18H16O5/c1-12(17(19)13-7-3-2-4-8-13)22-18(20)16-11-21-14-9-5-6-10-15(14)23-16/h2-10,12,16H,11H2,1H3/t12-,16+/m0/s1. The van der Waals surface area contributed by atoms with Gasteiger partial charge in [-0.05, 0) is 19.1 Å². The van der Waals surface area contributed by atoms with Crippen LogP contribution in [0.15, 0.2) is 54.6 Å². The molecule has 0 unspecified atom stereocenters. The van der Waals surface area contributed by atoms with E-state index in [0.29, 0.717) is 17.1 Å². The minimum Gasteiger partial charge on any atom is -0.485 e. The monoisotopic (exact) mass is 312 g/mol. The van der Waals surface area contributed by atoms with Crippen LogP contribution in [0, 0.1) is 0 Å². The second kappa shape index (κ2) is 6.52. The van der Waals surface area contributed by atoms with Gasteiger partial charge >= 0.3 is 5.97 Å². The quantitative estimate of drug-likeness (QED) is 0.641. The molecule has 0 radical (unpaired) electrons. The first-order chi connectivity index (χ1) is 11.1. The Kier molecular flexibility index (Phi) is 4.28. The second-order valence-corrected chi connectivity index (χ2v) is 5.17. The maximum Gasteiger partial charge on any atom is 0.351 e. The molecule has 23 heavy (non-hydrogen) atoms. The molecule has 1 aliphatic heterocycles. The van der Waals surface area contributed by atoms with Gasteiger partial charge in [-0.25, -0.2) is 4.79 Å². The molecule has 0 bridgehead atoms. The molecule has 0 spiro atoms. The molecule has 0 saturated heterocycles. The van der Waals surface area contributed by atoms with Crippen molar-refractivity contribution in [3.8, 4) is 11.5 Å². The van der Waals surface area contributed by atoms with Crippen LogP contribution in [0.4, 0.5) is 0 Å². The Morgan fingerprint density at radius 1 is 1.04 bits per heavy atom. The van der Waals surface area contributed by atoms with Crippen LogP contribution < -0.4 is 9.47 Å². The van der Waals surface area contributed by atoms with Crippen molar-refractivity contribution in [2.45, 2.75) is 19.1 Å². The van der Waals surface area contributed by atoms with Crippen LogP contribution in [-0.2, 0) is 9.53 Å². The van der Waals surface area contributed by atoms with E-state index in [-0.39, 0.29) is 12.4 Å². The summed E-state index contributed by atoms with van der Waals surface area (Å²) in [6, 6.07) is 15.8. The molecule has 118 valence electrons. The van der Waals surface area contributed by atoms with Gasteiger partial charge in [0.25, 0.3) is 0 Å². The van der Waals surface area contributed by atoms with Crippen LogP contribution in [-0.4, -0.2) is 30.6 Å². The molecule has 2 atom stereocenters. The zero-order valence-corrected chi connectivity index (χ0v) is 12.6. The van der Waals surface area contributed by atoms with Gasteiger partial charge in [0, 0.05) is 5.56 Å². The number of carbonyl (C=O) groups is 2. The maximum absolute atomic E-state index is 12.2. The number of fused-ring (bicyclic) bond motifs is 1. The zero-order chi connectivity index (χ0) is 16.2. The molecule has 5 nitrogen and oxygen atoms in total. The molecule has 0 N–H and O–H groups in total. The fourth-order valence-electron chi connectivity index (χ4n) is 2.28. The topological polar surface area (TPSA) is 61.8 Å². The summed E-state index contributed by atoms with van der Waals surface area (Å²) in [4.78, 5) is 24.4. The molecule has 0 aliphatic carbocycles. The van der Waals surface area contributed by atoms with E-state index >= 15 is 0 Å². The van der Waals surface area contributed by atoms with E-state index < -0.39 is 18.2 Å². The van der Waals surface area contributed by atoms with Crippen LogP contribution in [0.1, 0.15) is 17.3 Å². The average Bonchev–Trinajstić information content (AvgIpc) is 2.61. The summed E-state index contributed by atoms with van der Waals surface area (Å²) >= 11 is 0. The van der Waals surface area contributed by atoms with Crippen molar-refractivity contribution in [2.24, 2.45) is 0 Å². The first kappa shape index (κ1) is 15.1. The lowest BCUT2D eigenvalue weighted by molar-refractivity contribution is -0.157. The van der Waals surface area contributed by atoms with E-state index in [9.17, 15) is 9.59 Å². The van der Waals surface area contributed by atoms with Gasteiger partial charge < -0.3 is 14.2 Å². The first-order valence-corrected chi connectivity index (χ1v) is 7.33. The minimum atomic E-state index is -0.884. The number of hydrogen-bond donors (Lipinski definition) is 0. The van der Waals surface area contributed by atoms with E-state index in [2.05, 4.69) is 0 Å². The van der Waals surface area contributed by atoms with Gasteiger partial charge in [0.05, 0.1) is 0 Å². The smallest absolute Gasteiger partial charge is 0.351 e. The van der Waals surface area contributed by atoms with E-state index in [4.69, 9.17) is 14.2 Å². The molecule has 2 aromatic rings. The van der Waals surface area contributed by atoms with Crippen molar-refractivity contribution in [3.05, 3.63) is 60.2 Å². The third-order valence-electron chi connectivity index (χ3n) is 3.49. The largest absolute Gasteiger partial charge is 0.485 e. The molecule has 3 rings (SSSR count). The Hall–Kier alpha value is -2.82. The second-order valence-electron chi connectivity index (χ2n) is 5.17. The summed E-state index contributed by atoms with van der Waals surface area (Å²) in [6.45, 7) is 1.60. The summed E-state index contributed by atoms with van der Waals surface area (Å²) in [6.07, 6.45) is -1.76. The molecule has 2 aromatic carbocycles. The zero-order valence-electron chi connectivity index (χ0n) is 12.6. The van der Waals surface area contributed by atoms with Gasteiger partial charge in [0.2, 0.25) is 11.9 Å². The highest BCUT2D eigenvalue weighted by Crippen LogP contribution is 2.31. The van der Waals surface area contributed by atoms with E-state index in [1.807, 2.05) is 12.1 Å². The summed E-state index contributed by atoms with van der Waals surface area (Å²) < 4.78 is 16.3. The van der Waals surface area contributed by atoms with Gasteiger partial charge in [-0.3, -0.25) is 4.79 Å². The predicted octanol–water partition coefficient (Wildman–Crippen LogP) is 2.64. The Bertz CT molecular complexity index is 710. The molecule has 1 aliphatic rings. The van der Waals surface area contributed by atoms with Crippen LogP contribution >= 0.6 is 0 Å². The molecule has 0 amide bonds. The van der Waals surface area contributed by atoms with Gasteiger partial charge in [0.1, 0.15) is 6.61 Å². The molecular formula is C18H16O5. The minimum absolute atomic E-state index is 0.0576. The normalized spacial score (nSPS) is 17.2. The molecule has 5 heteroatoms. The van der Waals surface area contributed by atoms with E-state index in [0.717, 1.165) is 0 Å². The lowest BCUT2D eigenvalue weighted by Gasteiger charge is -2.25. The number of para-hydroxylation sites is 2. The Balaban J connectivity index is 1.62. The number of hydrogen-bond acceptors (Lipinski definition) is 5. The van der Waals surface area contributed by atoms with Crippen LogP contribution in [0.5, 0.6) is 11.5 Å². The van der Waals surface area contributed by atoms with Crippen molar-refractivity contribution < 1.29 is 23.8 Å². The lowest BCUT2D eigenvalue weighted by Crippen LogP contribution is -2.40. The van der Waals surface area contributed by atoms with Crippen molar-refractivity contribution in [1.82, 2.24) is 0 Å². The maximum atomic E-state index is 12.2. The molecule has 0 saturated carbocycles. The third kappa shape index (κ3) is 3.34. The molecular weight excluding hydrogens is 296 g/mol. The Labute approximate surface area is 133 Å². The van der Waals surface area contributed by atoms with Gasteiger partial charge in [-0.2, -0.15) is 0 Å². The fourth-order valence-corrected chi connectivity index (χ4v) is 2.28. The number of ketones is 1. The molecule has 0 fully saturated rings. The van der Waals surface area contributed by atoms with Crippen LogP contribution in [0.2, 0.25) is 0 Å². The van der Waals surface area contributed by atoms with Gasteiger partial charge in [0.15, 0.2) is 17.6 Å². The van der Waals surface area contributed by atoms with Crippen molar-refractivity contribution in [1.29, 1.82) is 0 Å². The molecule has 0 aromatic heterocycles. The van der Waals surface area contributed by atoms with Gasteiger partial charge in [-0.15, -0.1) is 0 Å². The van der Waals surface area contributed by atoms with Crippen molar-refractivity contribution in [3.63, 3.8) is 0 Å². The number of ether oxygens (including phenoxy) is 3. The number of Topliss-reactive ketones (excluding diaryl/α,β-unsaturated/α-hetero) is 1. The summed E-state index contributed by atoms with van der Waals surface area (Å²) in [5.74, 6) is 0.208.